The molecular formula is C12H14N2O4S. The van der Waals surface area contributed by atoms with Crippen LogP contribution in [-0.4, -0.2) is 32.2 Å². The Morgan fingerprint density at radius 1 is 1.58 bits per heavy atom. The summed E-state index contributed by atoms with van der Waals surface area (Å²) in [7, 11) is 0. The maximum atomic E-state index is 11.2. The summed E-state index contributed by atoms with van der Waals surface area (Å²) in [5.74, 6) is 0.391. The van der Waals surface area contributed by atoms with Gasteiger partial charge in [-0.15, -0.1) is 0 Å². The fourth-order valence-corrected chi connectivity index (χ4v) is 2.10. The number of H-pyrrole nitrogens is 1. The largest absolute Gasteiger partial charge is 0.390 e. The maximum Gasteiger partial charge on any atom is 0.265 e. The molecule has 0 aliphatic heterocycles. The van der Waals surface area contributed by atoms with Gasteiger partial charge in [-0.2, -0.15) is 5.26 Å². The number of nitriles is 1. The van der Waals surface area contributed by atoms with Crippen LogP contribution in [0.4, 0.5) is 0 Å². The van der Waals surface area contributed by atoms with Gasteiger partial charge in [-0.25, -0.2) is 0 Å². The van der Waals surface area contributed by atoms with Gasteiger partial charge < -0.3 is 15.2 Å². The number of aromatic amines is 1. The second kappa shape index (κ2) is 7.09. The Morgan fingerprint density at radius 2 is 2.26 bits per heavy atom. The Balaban J connectivity index is 2.71. The predicted octanol–water partition coefficient (Wildman–Crippen LogP) is 0.311. The van der Waals surface area contributed by atoms with E-state index in [1.165, 1.54) is 19.2 Å². The van der Waals surface area contributed by atoms with Crippen molar-refractivity contribution < 1.29 is 15.0 Å². The molecule has 0 spiro atoms. The summed E-state index contributed by atoms with van der Waals surface area (Å²) in [5.41, 5.74) is -0.404. The summed E-state index contributed by atoms with van der Waals surface area (Å²) in [6.07, 6.45) is -0.789. The summed E-state index contributed by atoms with van der Waals surface area (Å²) in [5, 5.41) is 28.3. The van der Waals surface area contributed by atoms with Crippen molar-refractivity contribution >= 4 is 16.9 Å². The highest BCUT2D eigenvalue weighted by Crippen LogP contribution is 2.19. The zero-order valence-electron chi connectivity index (χ0n) is 10.3. The van der Waals surface area contributed by atoms with Crippen LogP contribution in [0.1, 0.15) is 30.6 Å². The second-order valence-corrected chi connectivity index (χ2v) is 5.20. The Kier molecular flexibility index (Phi) is 5.76. The molecule has 3 N–H and O–H groups in total. The molecule has 0 saturated carbocycles. The number of hydrogen-bond acceptors (Lipinski definition) is 6. The van der Waals surface area contributed by atoms with Gasteiger partial charge >= 0.3 is 0 Å². The molecule has 2 unspecified atom stereocenters. The number of carbonyl (C=O) groups is 1. The van der Waals surface area contributed by atoms with Gasteiger partial charge in [-0.05, 0) is 12.5 Å². The van der Waals surface area contributed by atoms with E-state index in [0.29, 0.717) is 5.75 Å². The molecule has 0 fully saturated rings. The van der Waals surface area contributed by atoms with Crippen molar-refractivity contribution in [1.29, 1.82) is 5.26 Å². The lowest BCUT2D eigenvalue weighted by Gasteiger charge is -2.17. The smallest absolute Gasteiger partial charge is 0.265 e. The molecular weight excluding hydrogens is 268 g/mol. The summed E-state index contributed by atoms with van der Waals surface area (Å²) >= 11 is 1.06. The van der Waals surface area contributed by atoms with Crippen LogP contribution in [0, 0.1) is 11.3 Å². The Hall–Kier alpha value is -1.62. The maximum absolute atomic E-state index is 11.2. The SMILES string of the molecule is CC(=O)SCCC(O)C(O)c1c[nH]c(=O)c(C#N)c1. The van der Waals surface area contributed by atoms with Crippen molar-refractivity contribution in [2.45, 2.75) is 25.6 Å². The van der Waals surface area contributed by atoms with Crippen LogP contribution in [0.15, 0.2) is 17.1 Å². The predicted molar refractivity (Wildman–Crippen MR) is 70.5 cm³/mol. The first-order valence-corrected chi connectivity index (χ1v) is 6.56. The van der Waals surface area contributed by atoms with Gasteiger partial charge in [-0.3, -0.25) is 9.59 Å². The van der Waals surface area contributed by atoms with Gasteiger partial charge in [0.15, 0.2) is 5.12 Å². The molecule has 102 valence electrons. The van der Waals surface area contributed by atoms with E-state index in [2.05, 4.69) is 4.98 Å². The van der Waals surface area contributed by atoms with Crippen molar-refractivity contribution in [3.8, 4) is 6.07 Å². The molecule has 7 heteroatoms. The summed E-state index contributed by atoms with van der Waals surface area (Å²) < 4.78 is 0. The lowest BCUT2D eigenvalue weighted by atomic mass is 10.0. The molecule has 2 atom stereocenters. The third-order valence-corrected chi connectivity index (χ3v) is 3.32. The van der Waals surface area contributed by atoms with E-state index in [-0.39, 0.29) is 22.7 Å². The molecule has 0 aromatic carbocycles. The molecule has 1 heterocycles. The quantitative estimate of drug-likeness (QED) is 0.716. The van der Waals surface area contributed by atoms with Gasteiger partial charge in [-0.1, -0.05) is 11.8 Å². The van der Waals surface area contributed by atoms with E-state index >= 15 is 0 Å². The molecule has 0 bridgehead atoms. The minimum atomic E-state index is -1.21. The number of aliphatic hydroxyl groups excluding tert-OH is 2. The van der Waals surface area contributed by atoms with Crippen molar-refractivity contribution in [3.63, 3.8) is 0 Å². The fraction of sp³-hybridized carbons (Fsp3) is 0.417. The normalized spacial score (nSPS) is 13.6. The van der Waals surface area contributed by atoms with Crippen LogP contribution in [0.25, 0.3) is 0 Å². The van der Waals surface area contributed by atoms with Crippen molar-refractivity contribution in [3.05, 3.63) is 33.7 Å². The van der Waals surface area contributed by atoms with Gasteiger partial charge in [0.05, 0.1) is 6.10 Å². The van der Waals surface area contributed by atoms with E-state index in [1.807, 2.05) is 0 Å². The number of hydrogen-bond donors (Lipinski definition) is 3. The molecule has 0 radical (unpaired) electrons. The summed E-state index contributed by atoms with van der Waals surface area (Å²) in [4.78, 5) is 24.2. The Labute approximate surface area is 114 Å². The van der Waals surface area contributed by atoms with E-state index < -0.39 is 17.8 Å². The molecule has 0 aliphatic carbocycles. The number of nitrogens with zero attached hydrogens (tertiary/aromatic N) is 1. The van der Waals surface area contributed by atoms with E-state index in [0.717, 1.165) is 11.8 Å². The van der Waals surface area contributed by atoms with Crippen LogP contribution in [-0.2, 0) is 4.79 Å². The standard InChI is InChI=1S/C12H14N2O4S/c1-7(15)19-3-2-10(16)11(17)9-4-8(5-13)12(18)14-6-9/h4,6,10-11,16-17H,2-3H2,1H3,(H,14,18). The highest BCUT2D eigenvalue weighted by atomic mass is 32.2. The average molecular weight is 282 g/mol. The van der Waals surface area contributed by atoms with Gasteiger partial charge in [0.25, 0.3) is 5.56 Å². The third kappa shape index (κ3) is 4.52. The third-order valence-electron chi connectivity index (χ3n) is 2.47. The summed E-state index contributed by atoms with van der Waals surface area (Å²) in [6.45, 7) is 1.43. The van der Waals surface area contributed by atoms with Crippen LogP contribution < -0.4 is 5.56 Å². The molecule has 0 amide bonds. The minimum Gasteiger partial charge on any atom is -0.390 e. The summed E-state index contributed by atoms with van der Waals surface area (Å²) in [6, 6.07) is 2.94. The number of aliphatic hydroxyl groups is 2. The average Bonchev–Trinajstić information content (AvgIpc) is 2.38. The monoisotopic (exact) mass is 282 g/mol. The number of nitrogens with one attached hydrogen (secondary N) is 1. The first-order chi connectivity index (χ1) is 8.95. The first kappa shape index (κ1) is 15.4. The van der Waals surface area contributed by atoms with Crippen LogP contribution in [0.2, 0.25) is 0 Å². The number of thioether (sulfide) groups is 1. The van der Waals surface area contributed by atoms with E-state index in [4.69, 9.17) is 5.26 Å². The zero-order valence-corrected chi connectivity index (χ0v) is 11.1. The first-order valence-electron chi connectivity index (χ1n) is 5.58. The highest BCUT2D eigenvalue weighted by molar-refractivity contribution is 8.13. The lowest BCUT2D eigenvalue weighted by Crippen LogP contribution is -2.21. The van der Waals surface area contributed by atoms with Gasteiger partial charge in [0, 0.05) is 24.4 Å². The number of rotatable bonds is 5. The molecule has 1 aromatic rings. The molecule has 1 rings (SSSR count). The molecule has 6 nitrogen and oxygen atoms in total. The van der Waals surface area contributed by atoms with Crippen molar-refractivity contribution in [2.75, 3.05) is 5.75 Å². The number of pyridine rings is 1. The highest BCUT2D eigenvalue weighted by Gasteiger charge is 2.19. The molecule has 1 aromatic heterocycles. The van der Waals surface area contributed by atoms with E-state index in [9.17, 15) is 19.8 Å². The fourth-order valence-electron chi connectivity index (χ4n) is 1.46. The van der Waals surface area contributed by atoms with E-state index in [1.54, 1.807) is 6.07 Å². The molecule has 0 saturated heterocycles. The topological polar surface area (TPSA) is 114 Å². The zero-order chi connectivity index (χ0) is 14.4. The van der Waals surface area contributed by atoms with Crippen LogP contribution in [0.5, 0.6) is 0 Å². The van der Waals surface area contributed by atoms with Crippen molar-refractivity contribution in [1.82, 2.24) is 4.98 Å². The number of aromatic nitrogens is 1. The molecule has 0 aliphatic rings. The van der Waals surface area contributed by atoms with Crippen LogP contribution >= 0.6 is 11.8 Å². The number of carbonyl (C=O) groups excluding carboxylic acids is 1. The molecule has 19 heavy (non-hydrogen) atoms. The van der Waals surface area contributed by atoms with Crippen molar-refractivity contribution in [2.24, 2.45) is 0 Å². The van der Waals surface area contributed by atoms with Gasteiger partial charge in [0.2, 0.25) is 0 Å². The van der Waals surface area contributed by atoms with Gasteiger partial charge in [0.1, 0.15) is 17.7 Å². The Bertz CT molecular complexity index is 549. The van der Waals surface area contributed by atoms with Crippen LogP contribution in [0.3, 0.4) is 0 Å². The Morgan fingerprint density at radius 3 is 2.84 bits per heavy atom. The minimum absolute atomic E-state index is 0.0579. The lowest BCUT2D eigenvalue weighted by molar-refractivity contribution is -0.109. The second-order valence-electron chi connectivity index (χ2n) is 3.93.